The Labute approximate surface area is 211 Å². The number of pyridine rings is 1. The molecule has 1 fully saturated rings. The highest BCUT2D eigenvalue weighted by atomic mass is 79.9. The van der Waals surface area contributed by atoms with Gasteiger partial charge in [-0.3, -0.25) is 23.5 Å². The quantitative estimate of drug-likeness (QED) is 0.391. The lowest BCUT2D eigenvalue weighted by Gasteiger charge is -2.19. The Morgan fingerprint density at radius 3 is 2.47 bits per heavy atom. The van der Waals surface area contributed by atoms with E-state index >= 15 is 0 Å². The number of nitrogens with one attached hydrogen (secondary N) is 2. The Hall–Kier alpha value is -3.99. The first-order valence-electron chi connectivity index (χ1n) is 11.2. The Kier molecular flexibility index (Phi) is 5.87. The van der Waals surface area contributed by atoms with Crippen molar-refractivity contribution in [3.8, 4) is 5.69 Å². The molecule has 36 heavy (non-hydrogen) atoms. The van der Waals surface area contributed by atoms with Crippen LogP contribution in [-0.4, -0.2) is 19.6 Å². The molecule has 2 aromatic heterocycles. The Balaban J connectivity index is 1.86. The lowest BCUT2D eigenvalue weighted by Crippen LogP contribution is -2.41. The third-order valence-electron chi connectivity index (χ3n) is 5.99. The number of anilines is 3. The third-order valence-corrected chi connectivity index (χ3v) is 6.48. The number of fused-ring (bicyclic) bond motifs is 1. The Bertz CT molecular complexity index is 1740. The second-order valence-electron chi connectivity index (χ2n) is 8.66. The minimum atomic E-state index is -0.600. The highest BCUT2D eigenvalue weighted by Gasteiger charge is 2.31. The molecule has 1 amide bonds. The predicted octanol–water partition coefficient (Wildman–Crippen LogP) is 3.79. The maximum Gasteiger partial charge on any atom is 0.337 e. The molecule has 184 valence electrons. The van der Waals surface area contributed by atoms with Gasteiger partial charge in [-0.2, -0.15) is 0 Å². The number of carbonyl (C=O) groups is 1. The molecule has 0 spiro atoms. The molecule has 11 heteroatoms. The number of benzene rings is 2. The van der Waals surface area contributed by atoms with Crippen LogP contribution in [0.4, 0.5) is 21.5 Å². The van der Waals surface area contributed by atoms with Crippen LogP contribution in [0.15, 0.2) is 67.4 Å². The van der Waals surface area contributed by atoms with Gasteiger partial charge in [0.05, 0.1) is 17.1 Å². The van der Waals surface area contributed by atoms with Crippen LogP contribution in [0.25, 0.3) is 16.7 Å². The number of aromatic nitrogens is 3. The molecule has 2 heterocycles. The number of hydrogen-bond donors (Lipinski definition) is 2. The lowest BCUT2D eigenvalue weighted by molar-refractivity contribution is -0.114. The van der Waals surface area contributed by atoms with Gasteiger partial charge in [-0.05, 0) is 49.2 Å². The van der Waals surface area contributed by atoms with Crippen LogP contribution in [0.3, 0.4) is 0 Å². The second kappa shape index (κ2) is 8.90. The van der Waals surface area contributed by atoms with Crippen molar-refractivity contribution < 1.29 is 9.18 Å². The molecule has 0 unspecified atom stereocenters. The fraction of sp³-hybridized carbons (Fsp3) is 0.200. The summed E-state index contributed by atoms with van der Waals surface area (Å²) < 4.78 is 18.8. The van der Waals surface area contributed by atoms with Gasteiger partial charge in [-0.15, -0.1) is 0 Å². The average Bonchev–Trinajstić information content (AvgIpc) is 3.63. The number of carbonyl (C=O) groups excluding carboxylic acids is 1. The topological polar surface area (TPSA) is 107 Å². The minimum absolute atomic E-state index is 0.0504. The van der Waals surface area contributed by atoms with Crippen LogP contribution in [0.5, 0.6) is 0 Å². The summed E-state index contributed by atoms with van der Waals surface area (Å²) >= 11 is 3.21. The van der Waals surface area contributed by atoms with E-state index in [-0.39, 0.29) is 34.4 Å². The van der Waals surface area contributed by atoms with Gasteiger partial charge in [0.25, 0.3) is 11.1 Å². The fourth-order valence-corrected chi connectivity index (χ4v) is 4.54. The number of aryl methyl sites for hydroxylation is 1. The largest absolute Gasteiger partial charge is 0.352 e. The summed E-state index contributed by atoms with van der Waals surface area (Å²) in [4.78, 5) is 51.9. The summed E-state index contributed by atoms with van der Waals surface area (Å²) in [5.41, 5.74) is -0.671. The molecule has 0 radical (unpaired) electrons. The van der Waals surface area contributed by atoms with Crippen molar-refractivity contribution in [2.24, 2.45) is 7.05 Å². The molecule has 1 aliphatic rings. The molecule has 0 saturated heterocycles. The van der Waals surface area contributed by atoms with Crippen LogP contribution in [-0.2, 0) is 11.8 Å². The Morgan fingerprint density at radius 2 is 1.81 bits per heavy atom. The van der Waals surface area contributed by atoms with Gasteiger partial charge >= 0.3 is 5.69 Å². The zero-order valence-electron chi connectivity index (χ0n) is 19.3. The SMILES string of the molecule is CC(=O)Nc1cccc(-n2c(=O)n(C3CC3)c(=O)c3c(Nc4ccc(Br)cc4F)cc(=O)n(C)c32)c1. The van der Waals surface area contributed by atoms with E-state index in [1.54, 1.807) is 30.3 Å². The predicted molar refractivity (Wildman–Crippen MR) is 139 cm³/mol. The van der Waals surface area contributed by atoms with Crippen molar-refractivity contribution in [3.05, 3.63) is 90.0 Å². The van der Waals surface area contributed by atoms with Crippen molar-refractivity contribution in [1.82, 2.24) is 13.7 Å². The highest BCUT2D eigenvalue weighted by Crippen LogP contribution is 2.34. The van der Waals surface area contributed by atoms with Crippen molar-refractivity contribution in [2.45, 2.75) is 25.8 Å². The van der Waals surface area contributed by atoms with E-state index in [1.807, 2.05) is 0 Å². The van der Waals surface area contributed by atoms with E-state index in [1.165, 1.54) is 45.9 Å². The van der Waals surface area contributed by atoms with Crippen LogP contribution < -0.4 is 27.4 Å². The number of rotatable bonds is 5. The van der Waals surface area contributed by atoms with Crippen LogP contribution in [0, 0.1) is 5.82 Å². The van der Waals surface area contributed by atoms with Gasteiger partial charge in [0.2, 0.25) is 5.91 Å². The zero-order chi connectivity index (χ0) is 25.7. The maximum absolute atomic E-state index is 14.6. The molecule has 0 bridgehead atoms. The molecule has 1 saturated carbocycles. The van der Waals surface area contributed by atoms with E-state index in [0.717, 1.165) is 0 Å². The first-order chi connectivity index (χ1) is 17.2. The molecule has 5 rings (SSSR count). The van der Waals surface area contributed by atoms with E-state index in [9.17, 15) is 23.6 Å². The smallest absolute Gasteiger partial charge is 0.337 e. The zero-order valence-corrected chi connectivity index (χ0v) is 20.9. The lowest BCUT2D eigenvalue weighted by atomic mass is 10.2. The first-order valence-corrected chi connectivity index (χ1v) is 12.0. The normalized spacial score (nSPS) is 13.1. The van der Waals surface area contributed by atoms with E-state index in [2.05, 4.69) is 26.6 Å². The molecular weight excluding hydrogens is 533 g/mol. The third kappa shape index (κ3) is 4.15. The monoisotopic (exact) mass is 553 g/mol. The maximum atomic E-state index is 14.6. The van der Waals surface area contributed by atoms with Gasteiger partial charge in [0, 0.05) is 36.2 Å². The summed E-state index contributed by atoms with van der Waals surface area (Å²) in [5, 5.41) is 5.62. The van der Waals surface area contributed by atoms with Crippen LogP contribution >= 0.6 is 15.9 Å². The summed E-state index contributed by atoms with van der Waals surface area (Å²) in [6.45, 7) is 1.37. The van der Waals surface area contributed by atoms with E-state index in [4.69, 9.17) is 0 Å². The minimum Gasteiger partial charge on any atom is -0.352 e. The van der Waals surface area contributed by atoms with E-state index in [0.29, 0.717) is 28.7 Å². The van der Waals surface area contributed by atoms with Crippen LogP contribution in [0.1, 0.15) is 25.8 Å². The van der Waals surface area contributed by atoms with Crippen LogP contribution in [0.2, 0.25) is 0 Å². The van der Waals surface area contributed by atoms with Crippen molar-refractivity contribution in [2.75, 3.05) is 10.6 Å². The fourth-order valence-electron chi connectivity index (χ4n) is 4.21. The molecule has 2 N–H and O–H groups in total. The molecule has 0 atom stereocenters. The number of hydrogen-bond acceptors (Lipinski definition) is 5. The molecule has 2 aromatic carbocycles. The average molecular weight is 554 g/mol. The summed E-state index contributed by atoms with van der Waals surface area (Å²) in [6.07, 6.45) is 1.34. The van der Waals surface area contributed by atoms with E-state index < -0.39 is 22.6 Å². The Morgan fingerprint density at radius 1 is 1.06 bits per heavy atom. The van der Waals surface area contributed by atoms with Crippen molar-refractivity contribution in [3.63, 3.8) is 0 Å². The summed E-state index contributed by atoms with van der Waals surface area (Å²) in [5.74, 6) is -0.875. The standard InChI is InChI=1S/C25H21BrFN5O4/c1-13(33)28-15-4-3-5-17(11-15)31-23-22(24(35)32(25(31)36)16-7-8-16)20(12-21(34)30(23)2)29-19-9-6-14(26)10-18(19)27/h3-6,9-12,16,29H,7-8H2,1-2H3,(H,28,33). The molecule has 0 aliphatic heterocycles. The number of nitrogens with zero attached hydrogens (tertiary/aromatic N) is 3. The van der Waals surface area contributed by atoms with Gasteiger partial charge in [0.1, 0.15) is 16.9 Å². The molecule has 9 nitrogen and oxygen atoms in total. The number of halogens is 2. The molecular formula is C25H21BrFN5O4. The number of amides is 1. The highest BCUT2D eigenvalue weighted by molar-refractivity contribution is 9.10. The first kappa shape index (κ1) is 23.7. The summed E-state index contributed by atoms with van der Waals surface area (Å²) in [6, 6.07) is 11.9. The molecule has 4 aromatic rings. The van der Waals surface area contributed by atoms with Gasteiger partial charge < -0.3 is 10.6 Å². The van der Waals surface area contributed by atoms with Gasteiger partial charge in [0.15, 0.2) is 0 Å². The van der Waals surface area contributed by atoms with Crippen molar-refractivity contribution >= 4 is 49.9 Å². The van der Waals surface area contributed by atoms with Crippen molar-refractivity contribution in [1.29, 1.82) is 0 Å². The second-order valence-corrected chi connectivity index (χ2v) is 9.57. The van der Waals surface area contributed by atoms with Gasteiger partial charge in [-0.25, -0.2) is 13.8 Å². The van der Waals surface area contributed by atoms with Gasteiger partial charge in [-0.1, -0.05) is 22.0 Å². The molecule has 1 aliphatic carbocycles. The summed E-state index contributed by atoms with van der Waals surface area (Å²) in [7, 11) is 1.46.